The number of nitro benzene ring substituents is 1. The van der Waals surface area contributed by atoms with Crippen LogP contribution in [0.1, 0.15) is 0 Å². The first kappa shape index (κ1) is 12.6. The topological polar surface area (TPSA) is 55.2 Å². The number of benzene rings is 1. The zero-order valence-electron chi connectivity index (χ0n) is 8.89. The van der Waals surface area contributed by atoms with Crippen LogP contribution in [0.25, 0.3) is 0 Å². The van der Waals surface area contributed by atoms with Crippen LogP contribution in [0.4, 0.5) is 11.4 Å². The molecule has 0 spiro atoms. The van der Waals surface area contributed by atoms with Crippen molar-refractivity contribution in [2.45, 2.75) is 0 Å². The van der Waals surface area contributed by atoms with Crippen LogP contribution in [0.5, 0.6) is 0 Å². The van der Waals surface area contributed by atoms with Gasteiger partial charge >= 0.3 is 0 Å². The summed E-state index contributed by atoms with van der Waals surface area (Å²) in [4.78, 5) is 10.3. The maximum atomic E-state index is 10.7. The van der Waals surface area contributed by atoms with E-state index in [0.717, 1.165) is 11.5 Å². The number of hydrogen-bond donors (Lipinski definition) is 1. The zero-order valence-corrected chi connectivity index (χ0v) is 9.70. The fraction of sp³-hybridized carbons (Fsp3) is 0.273. The number of hydrogen-bond acceptors (Lipinski definition) is 4. The maximum absolute atomic E-state index is 10.7. The molecule has 0 aliphatic carbocycles. The number of nitrogens with zero attached hydrogens (tertiary/aromatic N) is 1. The molecule has 5 heteroatoms. The van der Waals surface area contributed by atoms with Gasteiger partial charge in [-0.2, -0.15) is 11.8 Å². The number of para-hydroxylation sites is 2. The van der Waals surface area contributed by atoms with E-state index >= 15 is 0 Å². The number of thioether (sulfide) groups is 1. The van der Waals surface area contributed by atoms with Crippen LogP contribution < -0.4 is 5.32 Å². The molecule has 0 aliphatic rings. The largest absolute Gasteiger partial charge is 0.379 e. The Morgan fingerprint density at radius 2 is 2.25 bits per heavy atom. The molecule has 4 nitrogen and oxygen atoms in total. The van der Waals surface area contributed by atoms with Crippen LogP contribution in [0.3, 0.4) is 0 Å². The van der Waals surface area contributed by atoms with Crippen molar-refractivity contribution in [3.63, 3.8) is 0 Å². The predicted molar refractivity (Wildman–Crippen MR) is 69.1 cm³/mol. The quantitative estimate of drug-likeness (QED) is 0.343. The molecule has 0 bridgehead atoms. The second-order valence-corrected chi connectivity index (χ2v) is 4.21. The number of nitrogens with one attached hydrogen (secondary N) is 1. The van der Waals surface area contributed by atoms with Gasteiger partial charge in [0.2, 0.25) is 0 Å². The van der Waals surface area contributed by atoms with Crippen LogP contribution in [-0.4, -0.2) is 23.0 Å². The van der Waals surface area contributed by atoms with Gasteiger partial charge in [-0.25, -0.2) is 0 Å². The molecule has 86 valence electrons. The fourth-order valence-electron chi connectivity index (χ4n) is 1.21. The molecule has 0 saturated heterocycles. The van der Waals surface area contributed by atoms with Gasteiger partial charge in [-0.05, 0) is 6.07 Å². The normalized spacial score (nSPS) is 9.75. The van der Waals surface area contributed by atoms with E-state index in [4.69, 9.17) is 0 Å². The average molecular weight is 238 g/mol. The highest BCUT2D eigenvalue weighted by molar-refractivity contribution is 7.99. The molecule has 0 radical (unpaired) electrons. The van der Waals surface area contributed by atoms with Crippen molar-refractivity contribution < 1.29 is 4.92 Å². The van der Waals surface area contributed by atoms with Crippen molar-refractivity contribution in [2.75, 3.05) is 23.4 Å². The first-order valence-corrected chi connectivity index (χ1v) is 6.07. The Labute approximate surface area is 98.9 Å². The number of nitro groups is 1. The van der Waals surface area contributed by atoms with Gasteiger partial charge in [-0.1, -0.05) is 18.2 Å². The Morgan fingerprint density at radius 3 is 2.94 bits per heavy atom. The summed E-state index contributed by atoms with van der Waals surface area (Å²) in [5.74, 6) is 1.80. The Hall–Kier alpha value is -1.49. The van der Waals surface area contributed by atoms with Crippen LogP contribution in [0.15, 0.2) is 36.9 Å². The van der Waals surface area contributed by atoms with Crippen molar-refractivity contribution in [2.24, 2.45) is 0 Å². The Bertz CT molecular complexity index is 369. The van der Waals surface area contributed by atoms with E-state index in [1.165, 1.54) is 6.07 Å². The lowest BCUT2D eigenvalue weighted by Crippen LogP contribution is -2.06. The first-order chi connectivity index (χ1) is 7.75. The minimum atomic E-state index is -0.376. The molecule has 1 rings (SSSR count). The molecule has 0 unspecified atom stereocenters. The highest BCUT2D eigenvalue weighted by Gasteiger charge is 2.10. The van der Waals surface area contributed by atoms with Gasteiger partial charge in [0, 0.05) is 24.1 Å². The monoisotopic (exact) mass is 238 g/mol. The summed E-state index contributed by atoms with van der Waals surface area (Å²) in [5, 5.41) is 13.8. The maximum Gasteiger partial charge on any atom is 0.292 e. The van der Waals surface area contributed by atoms with E-state index in [0.29, 0.717) is 12.2 Å². The van der Waals surface area contributed by atoms with Gasteiger partial charge in [0.15, 0.2) is 0 Å². The number of anilines is 1. The molecule has 0 atom stereocenters. The number of rotatable bonds is 7. The van der Waals surface area contributed by atoms with E-state index in [1.54, 1.807) is 30.0 Å². The molecule has 16 heavy (non-hydrogen) atoms. The van der Waals surface area contributed by atoms with Crippen LogP contribution in [0, 0.1) is 10.1 Å². The third kappa shape index (κ3) is 3.94. The SMILES string of the molecule is C=CCSCCNc1ccccc1[N+](=O)[O-]. The molecule has 0 fully saturated rings. The highest BCUT2D eigenvalue weighted by Crippen LogP contribution is 2.22. The summed E-state index contributed by atoms with van der Waals surface area (Å²) in [6.07, 6.45) is 1.84. The third-order valence-corrected chi connectivity index (χ3v) is 2.86. The third-order valence-electron chi connectivity index (χ3n) is 1.90. The summed E-state index contributed by atoms with van der Waals surface area (Å²) >= 11 is 1.74. The minimum Gasteiger partial charge on any atom is -0.379 e. The van der Waals surface area contributed by atoms with Gasteiger partial charge in [0.1, 0.15) is 5.69 Å². The van der Waals surface area contributed by atoms with E-state index in [2.05, 4.69) is 11.9 Å². The van der Waals surface area contributed by atoms with Gasteiger partial charge in [-0.3, -0.25) is 10.1 Å². The van der Waals surface area contributed by atoms with E-state index < -0.39 is 0 Å². The summed E-state index contributed by atoms with van der Waals surface area (Å²) in [6.45, 7) is 4.33. The van der Waals surface area contributed by atoms with Crippen LogP contribution in [0.2, 0.25) is 0 Å². The molecule has 0 saturated carbocycles. The molecular weight excluding hydrogens is 224 g/mol. The lowest BCUT2D eigenvalue weighted by Gasteiger charge is -2.05. The van der Waals surface area contributed by atoms with E-state index in [1.807, 2.05) is 6.08 Å². The lowest BCUT2D eigenvalue weighted by molar-refractivity contribution is -0.384. The van der Waals surface area contributed by atoms with Gasteiger partial charge in [0.25, 0.3) is 5.69 Å². The van der Waals surface area contributed by atoms with Gasteiger partial charge in [-0.15, -0.1) is 6.58 Å². The molecule has 0 amide bonds. The van der Waals surface area contributed by atoms with Crippen molar-refractivity contribution in [3.05, 3.63) is 47.0 Å². The second-order valence-electron chi connectivity index (χ2n) is 3.06. The molecular formula is C11H14N2O2S. The van der Waals surface area contributed by atoms with Gasteiger partial charge < -0.3 is 5.32 Å². The standard InChI is InChI=1S/C11H14N2O2S/c1-2-8-16-9-7-12-10-5-3-4-6-11(10)13(14)15/h2-6,12H,1,7-9H2. The Kier molecular flexibility index (Phi) is 5.42. The first-order valence-electron chi connectivity index (χ1n) is 4.91. The van der Waals surface area contributed by atoms with E-state index in [-0.39, 0.29) is 10.6 Å². The molecule has 0 heterocycles. The van der Waals surface area contributed by atoms with Crippen molar-refractivity contribution in [3.8, 4) is 0 Å². The molecule has 1 aromatic carbocycles. The van der Waals surface area contributed by atoms with E-state index in [9.17, 15) is 10.1 Å². The average Bonchev–Trinajstić information content (AvgIpc) is 2.29. The Balaban J connectivity index is 2.47. The van der Waals surface area contributed by atoms with Crippen molar-refractivity contribution in [1.82, 2.24) is 0 Å². The molecule has 1 aromatic rings. The minimum absolute atomic E-state index is 0.122. The summed E-state index contributed by atoms with van der Waals surface area (Å²) < 4.78 is 0. The van der Waals surface area contributed by atoms with Crippen molar-refractivity contribution >= 4 is 23.1 Å². The Morgan fingerprint density at radius 1 is 1.50 bits per heavy atom. The highest BCUT2D eigenvalue weighted by atomic mass is 32.2. The summed E-state index contributed by atoms with van der Waals surface area (Å²) in [5.41, 5.74) is 0.697. The van der Waals surface area contributed by atoms with Crippen LogP contribution >= 0.6 is 11.8 Å². The zero-order chi connectivity index (χ0) is 11.8. The molecule has 0 aliphatic heterocycles. The molecule has 0 aromatic heterocycles. The predicted octanol–water partition coefficient (Wildman–Crippen LogP) is 2.93. The smallest absolute Gasteiger partial charge is 0.292 e. The second kappa shape index (κ2) is 6.90. The summed E-state index contributed by atoms with van der Waals surface area (Å²) in [7, 11) is 0. The molecule has 1 N–H and O–H groups in total. The van der Waals surface area contributed by atoms with Crippen molar-refractivity contribution in [1.29, 1.82) is 0 Å². The van der Waals surface area contributed by atoms with Crippen LogP contribution in [-0.2, 0) is 0 Å². The van der Waals surface area contributed by atoms with Gasteiger partial charge in [0.05, 0.1) is 4.92 Å². The summed E-state index contributed by atoms with van der Waals surface area (Å²) in [6, 6.07) is 6.66. The fourth-order valence-corrected chi connectivity index (χ4v) is 1.79. The lowest BCUT2D eigenvalue weighted by atomic mass is 10.2.